The Morgan fingerprint density at radius 1 is 1.19 bits per heavy atom. The molecule has 0 aliphatic heterocycles. The van der Waals surface area contributed by atoms with E-state index in [1.807, 2.05) is 0 Å². The zero-order chi connectivity index (χ0) is 14.8. The fourth-order valence-electron chi connectivity index (χ4n) is 1.97. The average Bonchev–Trinajstić information content (AvgIpc) is 3.30. The topological polar surface area (TPSA) is 94.0 Å². The van der Waals surface area contributed by atoms with Crippen molar-refractivity contribution in [1.29, 1.82) is 5.26 Å². The van der Waals surface area contributed by atoms with Crippen LogP contribution >= 0.6 is 0 Å². The summed E-state index contributed by atoms with van der Waals surface area (Å²) in [6.07, 6.45) is 2.17. The Labute approximate surface area is 122 Å². The van der Waals surface area contributed by atoms with Crippen LogP contribution in [0.2, 0.25) is 0 Å². The number of benzene rings is 1. The van der Waals surface area contributed by atoms with Crippen molar-refractivity contribution in [2.75, 3.05) is 12.8 Å². The van der Waals surface area contributed by atoms with E-state index in [2.05, 4.69) is 16.0 Å². The summed E-state index contributed by atoms with van der Waals surface area (Å²) in [7, 11) is 1.54. The van der Waals surface area contributed by atoms with Gasteiger partial charge in [-0.05, 0) is 25.0 Å². The molecule has 0 atom stereocenters. The Balaban J connectivity index is 1.91. The summed E-state index contributed by atoms with van der Waals surface area (Å²) in [6.45, 7) is 0. The molecule has 1 heterocycles. The van der Waals surface area contributed by atoms with Crippen LogP contribution in [0.4, 0.5) is 5.82 Å². The molecule has 0 unspecified atom stereocenters. The first-order valence-electron chi connectivity index (χ1n) is 6.59. The highest BCUT2D eigenvalue weighted by atomic mass is 16.5. The minimum Gasteiger partial charge on any atom is -0.497 e. The lowest BCUT2D eigenvalue weighted by Gasteiger charge is -2.09. The number of hydrogen-bond donors (Lipinski definition) is 1. The normalized spacial score (nSPS) is 13.5. The summed E-state index contributed by atoms with van der Waals surface area (Å²) in [6, 6.07) is 8.58. The number of nitriles is 1. The second kappa shape index (κ2) is 5.29. The molecular formula is C15H14N4O2. The van der Waals surface area contributed by atoms with Gasteiger partial charge < -0.3 is 15.2 Å². The van der Waals surface area contributed by atoms with E-state index in [0.717, 1.165) is 12.8 Å². The first-order valence-corrected chi connectivity index (χ1v) is 6.59. The lowest BCUT2D eigenvalue weighted by Crippen LogP contribution is -2.00. The molecular weight excluding hydrogens is 268 g/mol. The monoisotopic (exact) mass is 282 g/mol. The Kier molecular flexibility index (Phi) is 3.32. The van der Waals surface area contributed by atoms with Gasteiger partial charge in [0.1, 0.15) is 23.1 Å². The molecule has 21 heavy (non-hydrogen) atoms. The number of nitrogens with two attached hydrogens (primary N) is 1. The van der Waals surface area contributed by atoms with Crippen molar-refractivity contribution in [3.63, 3.8) is 0 Å². The fourth-order valence-corrected chi connectivity index (χ4v) is 1.97. The summed E-state index contributed by atoms with van der Waals surface area (Å²) < 4.78 is 10.8. The summed E-state index contributed by atoms with van der Waals surface area (Å²) in [5, 5.41) is 9.01. The Morgan fingerprint density at radius 2 is 1.95 bits per heavy atom. The highest BCUT2D eigenvalue weighted by molar-refractivity contribution is 5.45. The van der Waals surface area contributed by atoms with Crippen molar-refractivity contribution < 1.29 is 9.47 Å². The third kappa shape index (κ3) is 3.03. The molecule has 0 radical (unpaired) electrons. The van der Waals surface area contributed by atoms with Crippen LogP contribution in [0.1, 0.15) is 30.1 Å². The molecule has 1 aromatic heterocycles. The minimum absolute atomic E-state index is 0.376. The highest BCUT2D eigenvalue weighted by Crippen LogP contribution is 2.39. The zero-order valence-corrected chi connectivity index (χ0v) is 11.5. The smallest absolute Gasteiger partial charge is 0.224 e. The number of nitrogens with zero attached hydrogens (tertiary/aromatic N) is 3. The summed E-state index contributed by atoms with van der Waals surface area (Å²) in [5.41, 5.74) is 6.24. The maximum absolute atomic E-state index is 9.01. The summed E-state index contributed by atoms with van der Waals surface area (Å²) in [5.74, 6) is 2.88. The van der Waals surface area contributed by atoms with Crippen LogP contribution < -0.4 is 15.2 Å². The van der Waals surface area contributed by atoms with E-state index in [4.69, 9.17) is 20.5 Å². The first kappa shape index (κ1) is 13.2. The molecule has 1 saturated carbocycles. The van der Waals surface area contributed by atoms with Crippen molar-refractivity contribution in [2.45, 2.75) is 18.8 Å². The van der Waals surface area contributed by atoms with E-state index in [0.29, 0.717) is 40.5 Å². The van der Waals surface area contributed by atoms with Gasteiger partial charge in [-0.1, -0.05) is 0 Å². The Hall–Kier alpha value is -2.81. The van der Waals surface area contributed by atoms with Gasteiger partial charge in [0.2, 0.25) is 5.88 Å². The number of methoxy groups -OCH3 is 1. The van der Waals surface area contributed by atoms with E-state index in [9.17, 15) is 0 Å². The molecule has 2 aromatic rings. The molecule has 0 spiro atoms. The van der Waals surface area contributed by atoms with Gasteiger partial charge in [-0.15, -0.1) is 0 Å². The molecule has 0 amide bonds. The van der Waals surface area contributed by atoms with E-state index < -0.39 is 0 Å². The van der Waals surface area contributed by atoms with E-state index >= 15 is 0 Å². The fraction of sp³-hybridized carbons (Fsp3) is 0.267. The van der Waals surface area contributed by atoms with Gasteiger partial charge in [-0.3, -0.25) is 0 Å². The van der Waals surface area contributed by atoms with Gasteiger partial charge >= 0.3 is 0 Å². The van der Waals surface area contributed by atoms with Gasteiger partial charge in [0, 0.05) is 18.1 Å². The van der Waals surface area contributed by atoms with E-state index in [1.165, 1.54) is 7.11 Å². The zero-order valence-electron chi connectivity index (χ0n) is 11.5. The van der Waals surface area contributed by atoms with Crippen LogP contribution in [0.25, 0.3) is 0 Å². The van der Waals surface area contributed by atoms with Gasteiger partial charge in [-0.2, -0.15) is 10.2 Å². The highest BCUT2D eigenvalue weighted by Gasteiger charge is 2.27. The molecule has 1 fully saturated rings. The molecule has 0 saturated heterocycles. The number of ether oxygens (including phenoxy) is 2. The molecule has 3 rings (SSSR count). The SMILES string of the molecule is COc1cc(C#N)cc(Oc2cc(N)nc(C3CC3)n2)c1. The van der Waals surface area contributed by atoms with Crippen LogP contribution in [0, 0.1) is 11.3 Å². The molecule has 106 valence electrons. The molecule has 1 aliphatic carbocycles. The minimum atomic E-state index is 0.376. The van der Waals surface area contributed by atoms with Crippen LogP contribution in [-0.2, 0) is 0 Å². The quantitative estimate of drug-likeness (QED) is 0.926. The number of hydrogen-bond acceptors (Lipinski definition) is 6. The molecule has 2 N–H and O–H groups in total. The van der Waals surface area contributed by atoms with Gasteiger partial charge in [0.15, 0.2) is 0 Å². The first-order chi connectivity index (χ1) is 10.2. The molecule has 0 bridgehead atoms. The second-order valence-corrected chi connectivity index (χ2v) is 4.87. The van der Waals surface area contributed by atoms with Crippen LogP contribution in [0.15, 0.2) is 24.3 Å². The van der Waals surface area contributed by atoms with Crippen LogP contribution in [0.3, 0.4) is 0 Å². The van der Waals surface area contributed by atoms with Gasteiger partial charge in [-0.25, -0.2) is 4.98 Å². The summed E-state index contributed by atoms with van der Waals surface area (Å²) in [4.78, 5) is 8.58. The third-order valence-electron chi connectivity index (χ3n) is 3.15. The standard InChI is InChI=1S/C15H14N4O2/c1-20-11-4-9(8-16)5-12(6-11)21-14-7-13(17)18-15(19-14)10-2-3-10/h4-7,10H,2-3H2,1H3,(H2,17,18,19). The van der Waals surface area contributed by atoms with Crippen molar-refractivity contribution in [2.24, 2.45) is 0 Å². The molecule has 1 aromatic carbocycles. The Morgan fingerprint density at radius 3 is 2.62 bits per heavy atom. The lowest BCUT2D eigenvalue weighted by atomic mass is 10.2. The number of aromatic nitrogens is 2. The lowest BCUT2D eigenvalue weighted by molar-refractivity contribution is 0.407. The Bertz CT molecular complexity index is 720. The maximum Gasteiger partial charge on any atom is 0.224 e. The van der Waals surface area contributed by atoms with E-state index in [-0.39, 0.29) is 0 Å². The largest absolute Gasteiger partial charge is 0.497 e. The van der Waals surface area contributed by atoms with Gasteiger partial charge in [0.05, 0.1) is 18.7 Å². The third-order valence-corrected chi connectivity index (χ3v) is 3.15. The average molecular weight is 282 g/mol. The van der Waals surface area contributed by atoms with Crippen molar-refractivity contribution in [1.82, 2.24) is 9.97 Å². The van der Waals surface area contributed by atoms with Gasteiger partial charge in [0.25, 0.3) is 0 Å². The molecule has 1 aliphatic rings. The predicted molar refractivity (Wildman–Crippen MR) is 76.2 cm³/mol. The number of rotatable bonds is 4. The number of nitrogen functional groups attached to an aromatic ring is 1. The maximum atomic E-state index is 9.01. The molecule has 6 nitrogen and oxygen atoms in total. The van der Waals surface area contributed by atoms with Crippen LogP contribution in [-0.4, -0.2) is 17.1 Å². The van der Waals surface area contributed by atoms with Crippen molar-refractivity contribution in [3.8, 4) is 23.4 Å². The van der Waals surface area contributed by atoms with E-state index in [1.54, 1.807) is 24.3 Å². The van der Waals surface area contributed by atoms with Crippen LogP contribution in [0.5, 0.6) is 17.4 Å². The van der Waals surface area contributed by atoms with Crippen molar-refractivity contribution in [3.05, 3.63) is 35.7 Å². The summed E-state index contributed by atoms with van der Waals surface area (Å²) >= 11 is 0. The number of anilines is 1. The molecule has 6 heteroatoms. The second-order valence-electron chi connectivity index (χ2n) is 4.87. The van der Waals surface area contributed by atoms with Crippen molar-refractivity contribution >= 4 is 5.82 Å². The predicted octanol–water partition coefficient (Wildman–Crippen LogP) is 2.61.